The van der Waals surface area contributed by atoms with Crippen LogP contribution in [0.15, 0.2) is 95.7 Å². The molecule has 3 nitrogen and oxygen atoms in total. The van der Waals surface area contributed by atoms with Gasteiger partial charge in [0.1, 0.15) is 0 Å². The van der Waals surface area contributed by atoms with Gasteiger partial charge in [-0.2, -0.15) is 0 Å². The lowest BCUT2D eigenvalue weighted by molar-refractivity contribution is -0.120. The fourth-order valence-corrected chi connectivity index (χ4v) is 4.94. The van der Waals surface area contributed by atoms with E-state index in [1.54, 1.807) is 22.7 Å². The summed E-state index contributed by atoms with van der Waals surface area (Å²) in [4.78, 5) is 15.2. The third kappa shape index (κ3) is 5.01. The quantitative estimate of drug-likeness (QED) is 0.403. The summed E-state index contributed by atoms with van der Waals surface area (Å²) in [5.41, 5.74) is 2.24. The maximum Gasteiger partial charge on any atom is 0.234 e. The normalized spacial score (nSPS) is 13.0. The highest BCUT2D eigenvalue weighted by atomic mass is 32.1. The number of carbonyl (C=O) groups is 1. The third-order valence-electron chi connectivity index (χ3n) is 4.69. The van der Waals surface area contributed by atoms with Crippen LogP contribution in [0.2, 0.25) is 0 Å². The van der Waals surface area contributed by atoms with E-state index in [1.807, 2.05) is 53.9 Å². The first-order valence-electron chi connectivity index (χ1n) is 9.50. The van der Waals surface area contributed by atoms with E-state index in [4.69, 9.17) is 0 Å². The van der Waals surface area contributed by atoms with Gasteiger partial charge in [0, 0.05) is 9.75 Å². The Balaban J connectivity index is 1.47. The molecule has 4 rings (SSSR count). The van der Waals surface area contributed by atoms with Crippen molar-refractivity contribution in [2.75, 3.05) is 6.54 Å². The number of benzene rings is 2. The number of nitrogens with one attached hydrogen (secondary N) is 2. The van der Waals surface area contributed by atoms with Crippen molar-refractivity contribution in [2.24, 2.45) is 0 Å². The summed E-state index contributed by atoms with van der Waals surface area (Å²) in [6.45, 7) is 0.242. The number of carbonyl (C=O) groups excluding carboxylic acids is 1. The smallest absolute Gasteiger partial charge is 0.234 e. The molecule has 0 bridgehead atoms. The van der Waals surface area contributed by atoms with Gasteiger partial charge in [-0.25, -0.2) is 0 Å². The van der Waals surface area contributed by atoms with Gasteiger partial charge in [0.25, 0.3) is 0 Å². The molecule has 0 saturated heterocycles. The van der Waals surface area contributed by atoms with Crippen LogP contribution in [0.25, 0.3) is 0 Å². The Morgan fingerprint density at radius 3 is 1.72 bits per heavy atom. The van der Waals surface area contributed by atoms with Crippen LogP contribution in [0.4, 0.5) is 0 Å². The van der Waals surface area contributed by atoms with Crippen LogP contribution in [0.1, 0.15) is 33.0 Å². The monoisotopic (exact) mass is 418 g/mol. The van der Waals surface area contributed by atoms with E-state index < -0.39 is 0 Å². The minimum absolute atomic E-state index is 0.00105. The van der Waals surface area contributed by atoms with Gasteiger partial charge in [-0.3, -0.25) is 10.1 Å². The van der Waals surface area contributed by atoms with E-state index in [9.17, 15) is 4.79 Å². The molecule has 4 aromatic rings. The van der Waals surface area contributed by atoms with Gasteiger partial charge in [-0.15, -0.1) is 22.7 Å². The summed E-state index contributed by atoms with van der Waals surface area (Å²) >= 11 is 3.35. The summed E-state index contributed by atoms with van der Waals surface area (Å²) in [6.07, 6.45) is 0. The van der Waals surface area contributed by atoms with E-state index in [-0.39, 0.29) is 24.5 Å². The minimum Gasteiger partial charge on any atom is -0.343 e. The zero-order valence-electron chi connectivity index (χ0n) is 15.8. The van der Waals surface area contributed by atoms with Crippen LogP contribution < -0.4 is 10.6 Å². The first kappa shape index (κ1) is 19.6. The summed E-state index contributed by atoms with van der Waals surface area (Å²) < 4.78 is 0. The molecule has 146 valence electrons. The molecule has 0 fully saturated rings. The van der Waals surface area contributed by atoms with Crippen molar-refractivity contribution in [3.63, 3.8) is 0 Å². The zero-order chi connectivity index (χ0) is 19.9. The molecule has 2 heterocycles. The Morgan fingerprint density at radius 1 is 0.690 bits per heavy atom. The average molecular weight is 419 g/mol. The van der Waals surface area contributed by atoms with E-state index in [1.165, 1.54) is 4.88 Å². The van der Waals surface area contributed by atoms with E-state index >= 15 is 0 Å². The molecule has 29 heavy (non-hydrogen) atoms. The van der Waals surface area contributed by atoms with Crippen LogP contribution in [0, 0.1) is 0 Å². The second-order valence-electron chi connectivity index (χ2n) is 6.67. The first-order chi connectivity index (χ1) is 14.3. The maximum atomic E-state index is 12.9. The lowest BCUT2D eigenvalue weighted by Gasteiger charge is -2.21. The standard InChI is InChI=1S/C24H22N2OS2/c27-22(26-24(21-14-8-16-29-21)19-11-5-2-6-12-19)17-25-23(20-13-7-15-28-20)18-9-3-1-4-10-18/h1-16,23-25H,17H2,(H,26,27)/t23-,24-/m1/s1. The van der Waals surface area contributed by atoms with Gasteiger partial charge < -0.3 is 5.32 Å². The van der Waals surface area contributed by atoms with E-state index in [0.29, 0.717) is 0 Å². The van der Waals surface area contributed by atoms with Crippen LogP contribution >= 0.6 is 22.7 Å². The van der Waals surface area contributed by atoms with Crippen LogP contribution in [-0.2, 0) is 4.79 Å². The Bertz CT molecular complexity index is 1000. The highest BCUT2D eigenvalue weighted by Gasteiger charge is 2.20. The van der Waals surface area contributed by atoms with Gasteiger partial charge in [-0.05, 0) is 34.0 Å². The van der Waals surface area contributed by atoms with Crippen molar-refractivity contribution < 1.29 is 4.79 Å². The minimum atomic E-state index is -0.137. The van der Waals surface area contributed by atoms with Gasteiger partial charge in [0.15, 0.2) is 0 Å². The third-order valence-corrected chi connectivity index (χ3v) is 6.57. The molecule has 0 aliphatic carbocycles. The molecule has 2 atom stereocenters. The summed E-state index contributed by atoms with van der Waals surface area (Å²) in [5.74, 6) is -0.0234. The Labute approximate surface area is 179 Å². The van der Waals surface area contributed by atoms with Crippen molar-refractivity contribution in [3.05, 3.63) is 117 Å². The lowest BCUT2D eigenvalue weighted by atomic mass is 10.0. The molecular weight excluding hydrogens is 396 g/mol. The zero-order valence-corrected chi connectivity index (χ0v) is 17.5. The molecule has 1 amide bonds. The molecule has 0 saturated carbocycles. The average Bonchev–Trinajstić information content (AvgIpc) is 3.48. The van der Waals surface area contributed by atoms with E-state index in [2.05, 4.69) is 52.4 Å². The fraction of sp³-hybridized carbons (Fsp3) is 0.125. The Kier molecular flexibility index (Phi) is 6.52. The molecule has 2 aromatic heterocycles. The number of hydrogen-bond donors (Lipinski definition) is 2. The van der Waals surface area contributed by atoms with Gasteiger partial charge in [0.2, 0.25) is 5.91 Å². The maximum absolute atomic E-state index is 12.9. The molecular formula is C24H22N2OS2. The molecule has 0 radical (unpaired) electrons. The lowest BCUT2D eigenvalue weighted by Crippen LogP contribution is -2.38. The first-order valence-corrected chi connectivity index (χ1v) is 11.3. The number of hydrogen-bond acceptors (Lipinski definition) is 4. The summed E-state index contributed by atoms with van der Waals surface area (Å²) in [5, 5.41) is 10.7. The highest BCUT2D eigenvalue weighted by Crippen LogP contribution is 2.27. The molecule has 0 unspecified atom stereocenters. The molecule has 2 N–H and O–H groups in total. The molecule has 0 aliphatic heterocycles. The van der Waals surface area contributed by atoms with Crippen molar-refractivity contribution in [3.8, 4) is 0 Å². The topological polar surface area (TPSA) is 41.1 Å². The predicted molar refractivity (Wildman–Crippen MR) is 121 cm³/mol. The fourth-order valence-electron chi connectivity index (χ4n) is 3.31. The second-order valence-corrected chi connectivity index (χ2v) is 8.63. The van der Waals surface area contributed by atoms with Crippen LogP contribution in [0.3, 0.4) is 0 Å². The molecule has 5 heteroatoms. The number of rotatable bonds is 8. The van der Waals surface area contributed by atoms with Crippen molar-refractivity contribution in [1.29, 1.82) is 0 Å². The number of amides is 1. The SMILES string of the molecule is O=C(CN[C@H](c1ccccc1)c1cccs1)N[C@H](c1ccccc1)c1cccs1. The van der Waals surface area contributed by atoms with Crippen molar-refractivity contribution in [1.82, 2.24) is 10.6 Å². The Morgan fingerprint density at radius 2 is 1.21 bits per heavy atom. The van der Waals surface area contributed by atoms with Gasteiger partial charge in [-0.1, -0.05) is 72.8 Å². The van der Waals surface area contributed by atoms with Crippen molar-refractivity contribution >= 4 is 28.6 Å². The molecule has 0 spiro atoms. The van der Waals surface area contributed by atoms with Crippen molar-refractivity contribution in [2.45, 2.75) is 12.1 Å². The van der Waals surface area contributed by atoms with Gasteiger partial charge >= 0.3 is 0 Å². The van der Waals surface area contributed by atoms with Gasteiger partial charge in [0.05, 0.1) is 18.6 Å². The highest BCUT2D eigenvalue weighted by molar-refractivity contribution is 7.10. The van der Waals surface area contributed by atoms with Crippen LogP contribution in [-0.4, -0.2) is 12.5 Å². The number of thiophene rings is 2. The second kappa shape index (κ2) is 9.65. The summed E-state index contributed by atoms with van der Waals surface area (Å²) in [7, 11) is 0. The predicted octanol–water partition coefficient (Wildman–Crippen LogP) is 5.39. The molecule has 2 aromatic carbocycles. The largest absolute Gasteiger partial charge is 0.343 e. The Hall–Kier alpha value is -2.73. The summed E-state index contributed by atoms with van der Waals surface area (Å²) in [6, 6.07) is 28.4. The molecule has 0 aliphatic rings. The van der Waals surface area contributed by atoms with Crippen LogP contribution in [0.5, 0.6) is 0 Å². The van der Waals surface area contributed by atoms with E-state index in [0.717, 1.165) is 16.0 Å².